The quantitative estimate of drug-likeness (QED) is 0.146. The zero-order valence-electron chi connectivity index (χ0n) is 33.5. The maximum Gasteiger partial charge on any atom is 0.410 e. The second-order valence-corrected chi connectivity index (χ2v) is 16.2. The van der Waals surface area contributed by atoms with E-state index in [0.29, 0.717) is 78.0 Å². The Balaban J connectivity index is 0.00000620. The van der Waals surface area contributed by atoms with Crippen molar-refractivity contribution >= 4 is 35.1 Å². The summed E-state index contributed by atoms with van der Waals surface area (Å²) in [6, 6.07) is 8.31. The maximum absolute atomic E-state index is 14.9. The SMILES string of the molecule is CCc1cc(Nc2nccn3c(-c4ccc(OC)c(F)c4F)cnc23)ccc1C(=O)NCC1CC[N+](C)(CC(=O)NCC2CCN(C(=O)OC(C)(C)C)C2)CC1.[I-]. The number of carbonyl (C=O) groups is 3. The summed E-state index contributed by atoms with van der Waals surface area (Å²) in [7, 11) is 3.39. The Hall–Kier alpha value is -4.58. The molecule has 0 radical (unpaired) electrons. The number of rotatable bonds is 12. The van der Waals surface area contributed by atoms with Crippen molar-refractivity contribution in [3.05, 3.63) is 71.7 Å². The van der Waals surface area contributed by atoms with Crippen molar-refractivity contribution in [2.75, 3.05) is 65.3 Å². The molecule has 2 aliphatic rings. The van der Waals surface area contributed by atoms with Crippen molar-refractivity contribution in [3.63, 3.8) is 0 Å². The number of ether oxygens (including phenoxy) is 2. The van der Waals surface area contributed by atoms with E-state index in [2.05, 4.69) is 33.0 Å². The number of piperidine rings is 1. The van der Waals surface area contributed by atoms with Gasteiger partial charge in [-0.25, -0.2) is 19.2 Å². The summed E-state index contributed by atoms with van der Waals surface area (Å²) < 4.78 is 42.1. The van der Waals surface area contributed by atoms with E-state index in [1.807, 2.05) is 33.8 Å². The van der Waals surface area contributed by atoms with E-state index >= 15 is 0 Å². The molecule has 16 heteroatoms. The maximum atomic E-state index is 14.9. The van der Waals surface area contributed by atoms with Crippen LogP contribution in [0.3, 0.4) is 0 Å². The molecule has 0 aliphatic carbocycles. The van der Waals surface area contributed by atoms with Gasteiger partial charge < -0.3 is 58.8 Å². The minimum absolute atomic E-state index is 0. The Morgan fingerprint density at radius 2 is 1.72 bits per heavy atom. The zero-order valence-corrected chi connectivity index (χ0v) is 35.6. The highest BCUT2D eigenvalue weighted by molar-refractivity contribution is 5.96. The first-order valence-corrected chi connectivity index (χ1v) is 19.3. The second-order valence-electron chi connectivity index (χ2n) is 16.2. The number of amides is 3. The van der Waals surface area contributed by atoms with Crippen molar-refractivity contribution in [2.24, 2.45) is 11.8 Å². The van der Waals surface area contributed by atoms with E-state index in [9.17, 15) is 23.2 Å². The highest BCUT2D eigenvalue weighted by Gasteiger charge is 2.34. The molecule has 2 fully saturated rings. The molecule has 0 bridgehead atoms. The van der Waals surface area contributed by atoms with Gasteiger partial charge in [-0.3, -0.25) is 14.0 Å². The fourth-order valence-corrected chi connectivity index (χ4v) is 7.51. The first-order valence-electron chi connectivity index (χ1n) is 19.3. The number of likely N-dealkylation sites (tertiary alicyclic amines) is 2. The Morgan fingerprint density at radius 3 is 2.42 bits per heavy atom. The van der Waals surface area contributed by atoms with E-state index in [-0.39, 0.29) is 59.1 Å². The van der Waals surface area contributed by atoms with E-state index in [1.54, 1.807) is 33.8 Å². The molecule has 3 amide bonds. The van der Waals surface area contributed by atoms with Gasteiger partial charge in [0.15, 0.2) is 29.6 Å². The minimum atomic E-state index is -1.08. The van der Waals surface area contributed by atoms with Gasteiger partial charge in [-0.05, 0) is 81.3 Å². The molecule has 0 spiro atoms. The zero-order chi connectivity index (χ0) is 40.2. The van der Waals surface area contributed by atoms with Crippen LogP contribution >= 0.6 is 0 Å². The van der Waals surface area contributed by atoms with Gasteiger partial charge in [0.2, 0.25) is 5.82 Å². The molecule has 2 aromatic carbocycles. The van der Waals surface area contributed by atoms with Gasteiger partial charge in [0.05, 0.1) is 39.1 Å². The van der Waals surface area contributed by atoms with Crippen molar-refractivity contribution in [2.45, 2.75) is 59.0 Å². The number of aromatic nitrogens is 3. The van der Waals surface area contributed by atoms with E-state index in [0.717, 1.165) is 37.9 Å². The Labute approximate surface area is 349 Å². The van der Waals surface area contributed by atoms with Crippen LogP contribution in [0.25, 0.3) is 16.9 Å². The van der Waals surface area contributed by atoms with E-state index in [1.165, 1.54) is 25.4 Å². The number of methoxy groups -OCH3 is 1. The first kappa shape index (κ1) is 43.5. The number of fused-ring (bicyclic) bond motifs is 1. The summed E-state index contributed by atoms with van der Waals surface area (Å²) in [4.78, 5) is 49.3. The third kappa shape index (κ3) is 10.5. The molecule has 13 nitrogen and oxygen atoms in total. The Bertz CT molecular complexity index is 2080. The summed E-state index contributed by atoms with van der Waals surface area (Å²) in [5, 5.41) is 9.51. The lowest BCUT2D eigenvalue weighted by Crippen LogP contribution is -3.00. The lowest BCUT2D eigenvalue weighted by atomic mass is 9.94. The standard InChI is InChI=1S/C41H52F2N8O5.HI/c1-7-28-20-29(48-37-38-46-23-32(50(38)17-15-44-37)31-10-11-33(55-6)36(43)35(31)42)8-9-30(28)39(53)47-21-26-13-18-51(5,19-14-26)25-34(52)45-22-27-12-16-49(24-27)40(54)56-41(2,3)4;/h8-11,15,17,20,23,26-27H,7,12-14,16,18-19,21-22,24-25H2,1-6H3,(H2-,44,45,47,48,52,53);1H. The Kier molecular flexibility index (Phi) is 14.0. The van der Waals surface area contributed by atoms with Crippen LogP contribution in [0.5, 0.6) is 5.75 Å². The van der Waals surface area contributed by atoms with Gasteiger partial charge in [-0.15, -0.1) is 0 Å². The van der Waals surface area contributed by atoms with E-state index in [4.69, 9.17) is 9.47 Å². The van der Waals surface area contributed by atoms with Gasteiger partial charge in [0, 0.05) is 68.2 Å². The number of halogens is 3. The molecule has 4 aromatic rings. The minimum Gasteiger partial charge on any atom is -1.00 e. The van der Waals surface area contributed by atoms with Gasteiger partial charge in [0.25, 0.3) is 11.8 Å². The number of hydrogen-bond donors (Lipinski definition) is 3. The predicted molar refractivity (Wildman–Crippen MR) is 209 cm³/mol. The lowest BCUT2D eigenvalue weighted by molar-refractivity contribution is -0.907. The van der Waals surface area contributed by atoms with Gasteiger partial charge in [-0.2, -0.15) is 4.39 Å². The fraction of sp³-hybridized carbons (Fsp3) is 0.488. The van der Waals surface area contributed by atoms with Crippen LogP contribution in [0.15, 0.2) is 48.9 Å². The van der Waals surface area contributed by atoms with Crippen molar-refractivity contribution in [1.29, 1.82) is 0 Å². The fourth-order valence-electron chi connectivity index (χ4n) is 7.51. The molecule has 4 heterocycles. The molecule has 3 N–H and O–H groups in total. The van der Waals surface area contributed by atoms with Crippen LogP contribution in [-0.4, -0.2) is 107 Å². The number of imidazole rings is 1. The van der Waals surface area contributed by atoms with Crippen LogP contribution < -0.4 is 44.7 Å². The van der Waals surface area contributed by atoms with Crippen LogP contribution in [-0.2, 0) is 16.0 Å². The summed E-state index contributed by atoms with van der Waals surface area (Å²) >= 11 is 0. The summed E-state index contributed by atoms with van der Waals surface area (Å²) in [5.41, 5.74) is 2.41. The predicted octanol–water partition coefficient (Wildman–Crippen LogP) is 2.95. The molecular formula is C41H53F2IN8O5. The number of anilines is 2. The van der Waals surface area contributed by atoms with Crippen molar-refractivity contribution < 1.29 is 61.1 Å². The van der Waals surface area contributed by atoms with Gasteiger partial charge >= 0.3 is 6.09 Å². The van der Waals surface area contributed by atoms with E-state index < -0.39 is 17.2 Å². The average molecular weight is 903 g/mol. The smallest absolute Gasteiger partial charge is 0.410 e. The Morgan fingerprint density at radius 1 is 0.982 bits per heavy atom. The number of likely N-dealkylation sites (N-methyl/N-ethyl adjacent to an activating group) is 1. The van der Waals surface area contributed by atoms with Crippen LogP contribution in [0.1, 0.15) is 62.9 Å². The monoisotopic (exact) mass is 902 g/mol. The van der Waals surface area contributed by atoms with Crippen LogP contribution in [0.2, 0.25) is 0 Å². The molecule has 1 atom stereocenters. The third-order valence-corrected chi connectivity index (χ3v) is 10.7. The largest absolute Gasteiger partial charge is 1.00 e. The first-order chi connectivity index (χ1) is 26.7. The summed E-state index contributed by atoms with van der Waals surface area (Å²) in [5.74, 6) is -1.49. The average Bonchev–Trinajstić information content (AvgIpc) is 3.82. The van der Waals surface area contributed by atoms with Crippen molar-refractivity contribution in [3.8, 4) is 17.0 Å². The van der Waals surface area contributed by atoms with Gasteiger partial charge in [0.1, 0.15) is 5.60 Å². The number of quaternary nitrogens is 1. The molecule has 2 aromatic heterocycles. The number of benzene rings is 2. The molecule has 57 heavy (non-hydrogen) atoms. The summed E-state index contributed by atoms with van der Waals surface area (Å²) in [6.45, 7) is 11.9. The normalized spacial score (nSPS) is 19.5. The molecule has 0 saturated carbocycles. The topological polar surface area (TPSA) is 139 Å². The lowest BCUT2D eigenvalue weighted by Gasteiger charge is -2.40. The molecule has 2 saturated heterocycles. The molecule has 2 aliphatic heterocycles. The van der Waals surface area contributed by atoms with Crippen molar-refractivity contribution in [1.82, 2.24) is 29.9 Å². The van der Waals surface area contributed by atoms with Crippen LogP contribution in [0, 0.1) is 23.5 Å². The number of nitrogens with zero attached hydrogens (tertiary/aromatic N) is 5. The molecule has 308 valence electrons. The highest BCUT2D eigenvalue weighted by atomic mass is 127. The van der Waals surface area contributed by atoms with Crippen LogP contribution in [0.4, 0.5) is 25.1 Å². The number of hydrogen-bond acceptors (Lipinski definition) is 8. The number of aryl methyl sites for hydroxylation is 1. The highest BCUT2D eigenvalue weighted by Crippen LogP contribution is 2.32. The number of nitrogens with one attached hydrogen (secondary N) is 3. The third-order valence-electron chi connectivity index (χ3n) is 10.7. The molecule has 6 rings (SSSR count). The second kappa shape index (κ2) is 18.3. The van der Waals surface area contributed by atoms with Gasteiger partial charge in [-0.1, -0.05) is 6.92 Å². The molecular weight excluding hydrogens is 849 g/mol. The number of carbonyl (C=O) groups excluding carboxylic acids is 3. The molecule has 1 unspecified atom stereocenters. The summed E-state index contributed by atoms with van der Waals surface area (Å²) in [6.07, 6.45) is 7.58.